The molecule has 0 fully saturated rings. The van der Waals surface area contributed by atoms with Gasteiger partial charge in [0.25, 0.3) is 0 Å². The van der Waals surface area contributed by atoms with Crippen LogP contribution < -0.4 is 4.74 Å². The third-order valence-corrected chi connectivity index (χ3v) is 3.53. The van der Waals surface area contributed by atoms with E-state index in [1.165, 1.54) is 11.1 Å². The van der Waals surface area contributed by atoms with Gasteiger partial charge in [0.2, 0.25) is 0 Å². The maximum absolute atomic E-state index is 5.98. The van der Waals surface area contributed by atoms with E-state index in [-0.39, 0.29) is 6.10 Å². The van der Waals surface area contributed by atoms with Gasteiger partial charge in [-0.15, -0.1) is 0 Å². The molecule has 0 bridgehead atoms. The van der Waals surface area contributed by atoms with Crippen LogP contribution in [0, 0.1) is 0 Å². The van der Waals surface area contributed by atoms with Gasteiger partial charge >= 0.3 is 0 Å². The Morgan fingerprint density at radius 1 is 1.20 bits per heavy atom. The van der Waals surface area contributed by atoms with Crippen LogP contribution in [0.15, 0.2) is 41.1 Å². The first kappa shape index (κ1) is 8.98. The molecule has 0 spiro atoms. The van der Waals surface area contributed by atoms with Gasteiger partial charge in [-0.3, -0.25) is 0 Å². The second-order valence-electron chi connectivity index (χ2n) is 3.81. The molecule has 1 unspecified atom stereocenters. The lowest BCUT2D eigenvalue weighted by Crippen LogP contribution is -2.14. The topological polar surface area (TPSA) is 9.23 Å². The van der Waals surface area contributed by atoms with Crippen LogP contribution in [-0.2, 0) is 6.42 Å². The van der Waals surface area contributed by atoms with Crippen molar-refractivity contribution in [2.45, 2.75) is 18.9 Å². The summed E-state index contributed by atoms with van der Waals surface area (Å²) < 4.78 is 5.98. The molecule has 3 rings (SSSR count). The monoisotopic (exact) mass is 216 g/mol. The van der Waals surface area contributed by atoms with E-state index >= 15 is 0 Å². The minimum Gasteiger partial charge on any atom is -0.485 e. The lowest BCUT2D eigenvalue weighted by molar-refractivity contribution is 0.177. The molecule has 1 aliphatic rings. The van der Waals surface area contributed by atoms with Crippen LogP contribution in [-0.4, -0.2) is 0 Å². The molecular weight excluding hydrogens is 204 g/mol. The number of hydrogen-bond donors (Lipinski definition) is 0. The molecule has 0 radical (unpaired) electrons. The first-order chi connectivity index (χ1) is 7.43. The zero-order valence-electron chi connectivity index (χ0n) is 8.35. The summed E-state index contributed by atoms with van der Waals surface area (Å²) in [6.45, 7) is 0. The Bertz CT molecular complexity index is 447. The number of thiophene rings is 1. The van der Waals surface area contributed by atoms with Crippen molar-refractivity contribution >= 4 is 11.3 Å². The molecule has 1 atom stereocenters. The van der Waals surface area contributed by atoms with Crippen LogP contribution in [0.1, 0.15) is 23.7 Å². The van der Waals surface area contributed by atoms with Crippen LogP contribution in [0.5, 0.6) is 5.75 Å². The van der Waals surface area contributed by atoms with Crippen LogP contribution in [0.2, 0.25) is 0 Å². The fourth-order valence-corrected chi connectivity index (χ4v) is 2.72. The fraction of sp³-hybridized carbons (Fsp3) is 0.231. The zero-order valence-corrected chi connectivity index (χ0v) is 9.17. The predicted molar refractivity (Wildman–Crippen MR) is 62.5 cm³/mol. The van der Waals surface area contributed by atoms with Crippen molar-refractivity contribution in [1.29, 1.82) is 0 Å². The number of aryl methyl sites for hydroxylation is 1. The quantitative estimate of drug-likeness (QED) is 0.704. The number of hydrogen-bond acceptors (Lipinski definition) is 2. The molecule has 1 nitrogen and oxygen atoms in total. The fourth-order valence-electron chi connectivity index (χ4n) is 2.02. The van der Waals surface area contributed by atoms with Gasteiger partial charge in [0.1, 0.15) is 11.9 Å². The first-order valence-electron chi connectivity index (χ1n) is 5.20. The number of benzene rings is 1. The molecule has 0 saturated carbocycles. The third-order valence-electron chi connectivity index (χ3n) is 2.83. The zero-order chi connectivity index (χ0) is 10.1. The summed E-state index contributed by atoms with van der Waals surface area (Å²) in [4.78, 5) is 0. The highest BCUT2D eigenvalue weighted by molar-refractivity contribution is 7.07. The van der Waals surface area contributed by atoms with Gasteiger partial charge in [0.15, 0.2) is 0 Å². The van der Waals surface area contributed by atoms with E-state index in [1.54, 1.807) is 11.3 Å². The number of ether oxygens (including phenoxy) is 1. The summed E-state index contributed by atoms with van der Waals surface area (Å²) in [5.41, 5.74) is 2.65. The molecule has 1 aliphatic heterocycles. The van der Waals surface area contributed by atoms with Crippen LogP contribution in [0.25, 0.3) is 0 Å². The molecule has 0 N–H and O–H groups in total. The van der Waals surface area contributed by atoms with Crippen molar-refractivity contribution in [3.63, 3.8) is 0 Å². The van der Waals surface area contributed by atoms with E-state index in [1.807, 2.05) is 6.07 Å². The standard InChI is InChI=1S/C13H12OS/c1-2-4-12-10(3-1)5-6-13(14-12)11-7-8-15-9-11/h1-4,7-9,13H,5-6H2. The molecular formula is C13H12OS. The van der Waals surface area contributed by atoms with Gasteiger partial charge in [0.05, 0.1) is 0 Å². The summed E-state index contributed by atoms with van der Waals surface area (Å²) in [6.07, 6.45) is 2.47. The van der Waals surface area contributed by atoms with Crippen LogP contribution in [0.3, 0.4) is 0 Å². The highest BCUT2D eigenvalue weighted by Gasteiger charge is 2.20. The number of rotatable bonds is 1. The summed E-state index contributed by atoms with van der Waals surface area (Å²) >= 11 is 1.73. The van der Waals surface area contributed by atoms with Gasteiger partial charge in [-0.1, -0.05) is 18.2 Å². The van der Waals surface area contributed by atoms with Gasteiger partial charge < -0.3 is 4.74 Å². The Kier molecular flexibility index (Phi) is 2.22. The summed E-state index contributed by atoms with van der Waals surface area (Å²) in [7, 11) is 0. The lowest BCUT2D eigenvalue weighted by atomic mass is 9.99. The minimum atomic E-state index is 0.256. The van der Waals surface area contributed by atoms with E-state index in [0.29, 0.717) is 0 Å². The van der Waals surface area contributed by atoms with Gasteiger partial charge in [-0.2, -0.15) is 11.3 Å². The number of fused-ring (bicyclic) bond motifs is 1. The van der Waals surface area contributed by atoms with E-state index in [4.69, 9.17) is 4.74 Å². The van der Waals surface area contributed by atoms with E-state index < -0.39 is 0 Å². The predicted octanol–water partition coefficient (Wildman–Crippen LogP) is 3.81. The average Bonchev–Trinajstić information content (AvgIpc) is 2.82. The van der Waals surface area contributed by atoms with Crippen LogP contribution in [0.4, 0.5) is 0 Å². The first-order valence-corrected chi connectivity index (χ1v) is 6.14. The number of para-hydroxylation sites is 1. The molecule has 2 heterocycles. The Balaban J connectivity index is 1.89. The summed E-state index contributed by atoms with van der Waals surface area (Å²) in [5, 5.41) is 4.29. The Morgan fingerprint density at radius 2 is 2.13 bits per heavy atom. The largest absolute Gasteiger partial charge is 0.485 e. The average molecular weight is 216 g/mol. The summed E-state index contributed by atoms with van der Waals surface area (Å²) in [6, 6.07) is 10.5. The Morgan fingerprint density at radius 3 is 3.00 bits per heavy atom. The molecule has 15 heavy (non-hydrogen) atoms. The van der Waals surface area contributed by atoms with Gasteiger partial charge in [-0.25, -0.2) is 0 Å². The van der Waals surface area contributed by atoms with Crippen LogP contribution >= 0.6 is 11.3 Å². The van der Waals surface area contributed by atoms with Crippen molar-refractivity contribution in [3.8, 4) is 5.75 Å². The lowest BCUT2D eigenvalue weighted by Gasteiger charge is -2.25. The maximum atomic E-state index is 5.98. The highest BCUT2D eigenvalue weighted by Crippen LogP contribution is 2.35. The van der Waals surface area contributed by atoms with Crippen molar-refractivity contribution in [1.82, 2.24) is 0 Å². The molecule has 0 saturated heterocycles. The molecule has 2 heteroatoms. The van der Waals surface area contributed by atoms with Gasteiger partial charge in [-0.05, 0) is 41.3 Å². The van der Waals surface area contributed by atoms with Gasteiger partial charge in [0, 0.05) is 5.56 Å². The smallest absolute Gasteiger partial charge is 0.125 e. The van der Waals surface area contributed by atoms with Crippen molar-refractivity contribution < 1.29 is 4.74 Å². The minimum absolute atomic E-state index is 0.256. The SMILES string of the molecule is c1ccc2c(c1)CCC(c1ccsc1)O2. The van der Waals surface area contributed by atoms with Crippen molar-refractivity contribution in [2.24, 2.45) is 0 Å². The second kappa shape index (κ2) is 3.70. The molecule has 2 aromatic rings. The van der Waals surface area contributed by atoms with Crippen molar-refractivity contribution in [2.75, 3.05) is 0 Å². The third kappa shape index (κ3) is 1.65. The van der Waals surface area contributed by atoms with E-state index in [2.05, 4.69) is 35.0 Å². The molecule has 1 aromatic carbocycles. The molecule has 76 valence electrons. The highest BCUT2D eigenvalue weighted by atomic mass is 32.1. The maximum Gasteiger partial charge on any atom is 0.125 e. The molecule has 0 amide bonds. The molecule has 0 aliphatic carbocycles. The Labute approximate surface area is 93.3 Å². The summed E-state index contributed by atoms with van der Waals surface area (Å²) in [5.74, 6) is 1.06. The second-order valence-corrected chi connectivity index (χ2v) is 4.59. The molecule has 1 aromatic heterocycles. The normalized spacial score (nSPS) is 19.3. The van der Waals surface area contributed by atoms with E-state index in [0.717, 1.165) is 18.6 Å². The Hall–Kier alpha value is -1.28. The van der Waals surface area contributed by atoms with Crippen molar-refractivity contribution in [3.05, 3.63) is 52.2 Å². The van der Waals surface area contributed by atoms with E-state index in [9.17, 15) is 0 Å².